The van der Waals surface area contributed by atoms with Gasteiger partial charge < -0.3 is 25.3 Å². The van der Waals surface area contributed by atoms with Crippen molar-refractivity contribution >= 4 is 11.8 Å². The van der Waals surface area contributed by atoms with E-state index in [9.17, 15) is 4.79 Å². The zero-order valence-electron chi connectivity index (χ0n) is 14.0. The summed E-state index contributed by atoms with van der Waals surface area (Å²) in [5.74, 6) is 2.12. The monoisotopic (exact) mass is 342 g/mol. The molecule has 2 aliphatic rings. The average molecular weight is 342 g/mol. The number of anilines is 1. The predicted octanol–water partition coefficient (Wildman–Crippen LogP) is 0.862. The highest BCUT2D eigenvalue weighted by atomic mass is 16.3. The first-order chi connectivity index (χ1) is 12.3. The van der Waals surface area contributed by atoms with E-state index in [-0.39, 0.29) is 6.03 Å². The van der Waals surface area contributed by atoms with E-state index in [1.807, 2.05) is 17.0 Å². The lowest BCUT2D eigenvalue weighted by Crippen LogP contribution is -2.32. The second-order valence-electron chi connectivity index (χ2n) is 6.19. The maximum Gasteiger partial charge on any atom is 0.317 e. The number of nitrogens with one attached hydrogen (secondary N) is 3. The second-order valence-corrected chi connectivity index (χ2v) is 6.19. The van der Waals surface area contributed by atoms with Gasteiger partial charge in [0.2, 0.25) is 0 Å². The summed E-state index contributed by atoms with van der Waals surface area (Å²) in [5, 5.41) is 9.63. The van der Waals surface area contributed by atoms with Crippen LogP contribution in [0.2, 0.25) is 0 Å². The van der Waals surface area contributed by atoms with Crippen LogP contribution >= 0.6 is 0 Å². The molecule has 8 heteroatoms. The summed E-state index contributed by atoms with van der Waals surface area (Å²) in [7, 11) is 0. The zero-order valence-corrected chi connectivity index (χ0v) is 14.0. The number of carbonyl (C=O) groups excluding carboxylic acids is 1. The molecule has 0 spiro atoms. The normalized spacial score (nSPS) is 17.1. The number of nitrogens with zero attached hydrogens (tertiary/aromatic N) is 3. The van der Waals surface area contributed by atoms with E-state index in [4.69, 9.17) is 14.4 Å². The van der Waals surface area contributed by atoms with Crippen molar-refractivity contribution in [2.75, 3.05) is 44.6 Å². The maximum absolute atomic E-state index is 11.6. The first-order valence-electron chi connectivity index (χ1n) is 8.72. The molecule has 1 fully saturated rings. The quantitative estimate of drug-likeness (QED) is 0.746. The number of fused-ring (bicyclic) bond motifs is 1. The molecule has 2 aliphatic heterocycles. The molecule has 25 heavy (non-hydrogen) atoms. The summed E-state index contributed by atoms with van der Waals surface area (Å²) >= 11 is 0. The van der Waals surface area contributed by atoms with E-state index in [0.717, 1.165) is 56.1 Å². The lowest BCUT2D eigenvalue weighted by Gasteiger charge is -2.17. The Kier molecular flexibility index (Phi) is 4.51. The molecular formula is C17H22N6O2. The van der Waals surface area contributed by atoms with Crippen LogP contribution in [0.25, 0.3) is 11.6 Å². The Labute approximate surface area is 146 Å². The van der Waals surface area contributed by atoms with Gasteiger partial charge in [0.15, 0.2) is 11.6 Å². The molecule has 0 bridgehead atoms. The highest BCUT2D eigenvalue weighted by Gasteiger charge is 2.20. The third-order valence-electron chi connectivity index (χ3n) is 4.54. The SMILES string of the molecule is O=C1NCCN1CCNc1nc(-c2ccco2)nc2c1CCNCC2. The third-order valence-corrected chi connectivity index (χ3v) is 4.54. The van der Waals surface area contributed by atoms with Gasteiger partial charge in [-0.1, -0.05) is 0 Å². The topological polar surface area (TPSA) is 95.3 Å². The van der Waals surface area contributed by atoms with E-state index in [0.29, 0.717) is 24.7 Å². The molecule has 0 saturated carbocycles. The standard InChI is InChI=1S/C17H22N6O2/c24-17-20-8-10-23(17)9-7-19-15-12-3-5-18-6-4-13(12)21-16(22-15)14-2-1-11-25-14/h1-2,11,18H,3-10H2,(H,20,24)(H,19,21,22). The summed E-state index contributed by atoms with van der Waals surface area (Å²) in [6.45, 7) is 4.61. The van der Waals surface area contributed by atoms with Gasteiger partial charge >= 0.3 is 6.03 Å². The van der Waals surface area contributed by atoms with Crippen LogP contribution < -0.4 is 16.0 Å². The van der Waals surface area contributed by atoms with E-state index in [1.165, 1.54) is 0 Å². The van der Waals surface area contributed by atoms with Crippen molar-refractivity contribution in [1.29, 1.82) is 0 Å². The Morgan fingerprint density at radius 1 is 1.24 bits per heavy atom. The Hall–Kier alpha value is -2.61. The van der Waals surface area contributed by atoms with Gasteiger partial charge in [-0.15, -0.1) is 0 Å². The highest BCUT2D eigenvalue weighted by Crippen LogP contribution is 2.24. The first-order valence-corrected chi connectivity index (χ1v) is 8.72. The van der Waals surface area contributed by atoms with Crippen molar-refractivity contribution in [2.24, 2.45) is 0 Å². The van der Waals surface area contributed by atoms with Crippen LogP contribution in [0.15, 0.2) is 22.8 Å². The molecule has 0 unspecified atom stereocenters. The molecule has 1 saturated heterocycles. The molecule has 2 aromatic heterocycles. The minimum absolute atomic E-state index is 0.00351. The number of carbonyl (C=O) groups is 1. The van der Waals surface area contributed by atoms with Crippen molar-refractivity contribution in [2.45, 2.75) is 12.8 Å². The summed E-state index contributed by atoms with van der Waals surface area (Å²) in [6, 6.07) is 3.71. The van der Waals surface area contributed by atoms with Gasteiger partial charge in [-0.05, 0) is 25.1 Å². The number of hydrogen-bond acceptors (Lipinski definition) is 6. The van der Waals surface area contributed by atoms with Crippen LogP contribution in [0.4, 0.5) is 10.6 Å². The predicted molar refractivity (Wildman–Crippen MR) is 93.5 cm³/mol. The summed E-state index contributed by atoms with van der Waals surface area (Å²) in [5.41, 5.74) is 2.22. The maximum atomic E-state index is 11.6. The number of rotatable bonds is 5. The summed E-state index contributed by atoms with van der Waals surface area (Å²) in [6.07, 6.45) is 3.39. The van der Waals surface area contributed by atoms with Crippen molar-refractivity contribution < 1.29 is 9.21 Å². The Bertz CT molecular complexity index is 746. The van der Waals surface area contributed by atoms with Gasteiger partial charge in [0.1, 0.15) is 5.82 Å². The second kappa shape index (κ2) is 7.10. The molecule has 3 N–H and O–H groups in total. The molecule has 0 aromatic carbocycles. The van der Waals surface area contributed by atoms with Crippen molar-refractivity contribution in [3.63, 3.8) is 0 Å². The van der Waals surface area contributed by atoms with E-state index in [2.05, 4.69) is 16.0 Å². The molecular weight excluding hydrogens is 320 g/mol. The number of aromatic nitrogens is 2. The molecule has 0 aliphatic carbocycles. The molecule has 2 amide bonds. The molecule has 0 radical (unpaired) electrons. The Balaban J connectivity index is 1.56. The molecule has 2 aromatic rings. The Morgan fingerprint density at radius 2 is 2.16 bits per heavy atom. The number of amides is 2. The molecule has 0 atom stereocenters. The van der Waals surface area contributed by atoms with Crippen molar-refractivity contribution in [3.8, 4) is 11.6 Å². The lowest BCUT2D eigenvalue weighted by molar-refractivity contribution is 0.219. The van der Waals surface area contributed by atoms with Crippen LogP contribution in [0.3, 0.4) is 0 Å². The van der Waals surface area contributed by atoms with E-state index >= 15 is 0 Å². The van der Waals surface area contributed by atoms with E-state index in [1.54, 1.807) is 6.26 Å². The summed E-state index contributed by atoms with van der Waals surface area (Å²) in [4.78, 5) is 22.9. The van der Waals surface area contributed by atoms with Crippen LogP contribution in [0.5, 0.6) is 0 Å². The van der Waals surface area contributed by atoms with Crippen LogP contribution in [-0.2, 0) is 12.8 Å². The third kappa shape index (κ3) is 3.43. The van der Waals surface area contributed by atoms with Gasteiger partial charge in [-0.25, -0.2) is 14.8 Å². The van der Waals surface area contributed by atoms with Gasteiger partial charge in [0, 0.05) is 44.7 Å². The van der Waals surface area contributed by atoms with Gasteiger partial charge in [0.25, 0.3) is 0 Å². The molecule has 4 rings (SSSR count). The van der Waals surface area contributed by atoms with Gasteiger partial charge in [0.05, 0.1) is 12.0 Å². The fourth-order valence-electron chi connectivity index (χ4n) is 3.24. The lowest BCUT2D eigenvalue weighted by atomic mass is 10.1. The number of furan rings is 1. The number of hydrogen-bond donors (Lipinski definition) is 3. The highest BCUT2D eigenvalue weighted by molar-refractivity contribution is 5.76. The van der Waals surface area contributed by atoms with Gasteiger partial charge in [-0.2, -0.15) is 0 Å². The molecule has 132 valence electrons. The smallest absolute Gasteiger partial charge is 0.317 e. The average Bonchev–Trinajstić information content (AvgIpc) is 3.22. The minimum atomic E-state index is 0.00351. The van der Waals surface area contributed by atoms with Crippen LogP contribution in [0, 0.1) is 0 Å². The van der Waals surface area contributed by atoms with Crippen LogP contribution in [-0.4, -0.2) is 60.2 Å². The zero-order chi connectivity index (χ0) is 17.1. The van der Waals surface area contributed by atoms with Crippen LogP contribution in [0.1, 0.15) is 11.3 Å². The first kappa shape index (κ1) is 15.9. The Morgan fingerprint density at radius 3 is 2.96 bits per heavy atom. The van der Waals surface area contributed by atoms with E-state index < -0.39 is 0 Å². The fraction of sp³-hybridized carbons (Fsp3) is 0.471. The summed E-state index contributed by atoms with van der Waals surface area (Å²) < 4.78 is 5.47. The molecule has 4 heterocycles. The largest absolute Gasteiger partial charge is 0.461 e. The van der Waals surface area contributed by atoms with Crippen molar-refractivity contribution in [3.05, 3.63) is 29.7 Å². The van der Waals surface area contributed by atoms with Crippen molar-refractivity contribution in [1.82, 2.24) is 25.5 Å². The minimum Gasteiger partial charge on any atom is -0.461 e. The van der Waals surface area contributed by atoms with Gasteiger partial charge in [-0.3, -0.25) is 0 Å². The number of urea groups is 1. The fourth-order valence-corrected chi connectivity index (χ4v) is 3.24. The molecule has 8 nitrogen and oxygen atoms in total.